The zero-order valence-corrected chi connectivity index (χ0v) is 11.5. The van der Waals surface area contributed by atoms with Crippen LogP contribution in [0, 0.1) is 0 Å². The molecule has 0 bridgehead atoms. The second kappa shape index (κ2) is 5.39. The standard InChI is InChI=1S/C6H5AsO4S.Na.H/c8-7-5-1-3-6(4-2-5)12(9,10)11;;/h1-4H,(H,9,10,11);;/q;+1;-1. The summed E-state index contributed by atoms with van der Waals surface area (Å²) < 4.78 is 40.5. The van der Waals surface area contributed by atoms with E-state index in [1.165, 1.54) is 24.3 Å². The summed E-state index contributed by atoms with van der Waals surface area (Å²) in [5.74, 6) is 0. The summed E-state index contributed by atoms with van der Waals surface area (Å²) in [5.41, 5.74) is 0. The molecule has 0 unspecified atom stereocenters. The van der Waals surface area contributed by atoms with Crippen LogP contribution in [0.15, 0.2) is 29.2 Å². The number of rotatable bonds is 2. The Morgan fingerprint density at radius 2 is 1.69 bits per heavy atom. The van der Waals surface area contributed by atoms with Gasteiger partial charge in [0.05, 0.1) is 0 Å². The Morgan fingerprint density at radius 3 is 2.00 bits per heavy atom. The summed E-state index contributed by atoms with van der Waals surface area (Å²) in [6.07, 6.45) is 0. The first-order chi connectivity index (χ1) is 5.54. The summed E-state index contributed by atoms with van der Waals surface area (Å²) in [7, 11) is -4.12. The first kappa shape index (κ1) is 13.5. The molecule has 0 spiro atoms. The van der Waals surface area contributed by atoms with Crippen molar-refractivity contribution in [3.8, 4) is 0 Å². The van der Waals surface area contributed by atoms with Gasteiger partial charge in [0.1, 0.15) is 0 Å². The molecular formula is C6H6AsNaO4S. The second-order valence-corrected chi connectivity index (χ2v) is 4.95. The fraction of sp³-hybridized carbons (Fsp3) is 0. The maximum atomic E-state index is 10.5. The van der Waals surface area contributed by atoms with Gasteiger partial charge in [0.15, 0.2) is 0 Å². The first-order valence-corrected chi connectivity index (χ1v) is 6.09. The van der Waals surface area contributed by atoms with E-state index in [4.69, 9.17) is 4.55 Å². The molecule has 0 aromatic heterocycles. The van der Waals surface area contributed by atoms with Crippen molar-refractivity contribution in [3.63, 3.8) is 0 Å². The molecule has 1 aromatic carbocycles. The number of hydrogen-bond acceptors (Lipinski definition) is 3. The zero-order chi connectivity index (χ0) is 9.19. The SMILES string of the molecule is O=[As]c1ccc(S(=O)(=O)O)cc1.[H-].[Na+]. The molecule has 4 nitrogen and oxygen atoms in total. The van der Waals surface area contributed by atoms with E-state index in [-0.39, 0.29) is 35.9 Å². The molecule has 0 saturated carbocycles. The monoisotopic (exact) mass is 272 g/mol. The van der Waals surface area contributed by atoms with E-state index in [1.807, 2.05) is 0 Å². The van der Waals surface area contributed by atoms with Crippen LogP contribution in [0.3, 0.4) is 0 Å². The van der Waals surface area contributed by atoms with Gasteiger partial charge in [0.2, 0.25) is 0 Å². The molecule has 7 heteroatoms. The van der Waals surface area contributed by atoms with Crippen LogP contribution in [0.5, 0.6) is 0 Å². The molecular weight excluding hydrogens is 266 g/mol. The smallest absolute Gasteiger partial charge is 1.00 e. The molecule has 0 saturated heterocycles. The Kier molecular flexibility index (Phi) is 5.59. The quantitative estimate of drug-likeness (QED) is 0.453. The zero-order valence-electron chi connectivity index (χ0n) is 7.84. The van der Waals surface area contributed by atoms with Gasteiger partial charge in [-0.2, -0.15) is 0 Å². The van der Waals surface area contributed by atoms with Gasteiger partial charge < -0.3 is 1.43 Å². The maximum absolute atomic E-state index is 10.5. The van der Waals surface area contributed by atoms with Crippen LogP contribution in [0.4, 0.5) is 0 Å². The molecule has 0 aliphatic rings. The second-order valence-electron chi connectivity index (χ2n) is 2.06. The van der Waals surface area contributed by atoms with Crippen LogP contribution in [-0.2, 0) is 13.9 Å². The Hall–Kier alpha value is 0.488. The average Bonchev–Trinajstić information content (AvgIpc) is 2.03. The normalized spacial score (nSPS) is 10.8. The molecule has 66 valence electrons. The molecule has 0 heterocycles. The molecule has 0 amide bonds. The van der Waals surface area contributed by atoms with Gasteiger partial charge in [-0.25, -0.2) is 0 Å². The van der Waals surface area contributed by atoms with Crippen LogP contribution in [0.2, 0.25) is 0 Å². The van der Waals surface area contributed by atoms with E-state index in [0.29, 0.717) is 4.35 Å². The van der Waals surface area contributed by atoms with E-state index >= 15 is 0 Å². The van der Waals surface area contributed by atoms with Crippen molar-refractivity contribution in [1.29, 1.82) is 0 Å². The van der Waals surface area contributed by atoms with Crippen LogP contribution >= 0.6 is 0 Å². The largest absolute Gasteiger partial charge is 1.00 e. The van der Waals surface area contributed by atoms with E-state index in [2.05, 4.69) is 0 Å². The predicted octanol–water partition coefficient (Wildman–Crippen LogP) is -3.28. The topological polar surface area (TPSA) is 71.4 Å². The van der Waals surface area contributed by atoms with E-state index < -0.39 is 25.8 Å². The van der Waals surface area contributed by atoms with E-state index in [9.17, 15) is 12.2 Å². The van der Waals surface area contributed by atoms with Crippen molar-refractivity contribution in [2.75, 3.05) is 0 Å². The third-order valence-electron chi connectivity index (χ3n) is 1.24. The molecule has 1 aromatic rings. The van der Waals surface area contributed by atoms with Crippen LogP contribution in [0.25, 0.3) is 0 Å². The molecule has 0 aliphatic heterocycles. The van der Waals surface area contributed by atoms with Crippen molar-refractivity contribution in [2.45, 2.75) is 4.90 Å². The summed E-state index contributed by atoms with van der Waals surface area (Å²) in [6.45, 7) is 0. The molecule has 0 atom stereocenters. The van der Waals surface area contributed by atoms with Gasteiger partial charge in [-0.1, -0.05) is 0 Å². The van der Waals surface area contributed by atoms with Gasteiger partial charge in [0, 0.05) is 0 Å². The van der Waals surface area contributed by atoms with E-state index in [0.717, 1.165) is 0 Å². The van der Waals surface area contributed by atoms with Crippen molar-refractivity contribution < 1.29 is 47.7 Å². The average molecular weight is 272 g/mol. The third kappa shape index (κ3) is 4.02. The van der Waals surface area contributed by atoms with Gasteiger partial charge in [-0.3, -0.25) is 0 Å². The predicted molar refractivity (Wildman–Crippen MR) is 43.4 cm³/mol. The Labute approximate surface area is 106 Å². The number of hydrogen-bond donors (Lipinski definition) is 1. The molecule has 1 rings (SSSR count). The summed E-state index contributed by atoms with van der Waals surface area (Å²) in [6, 6.07) is 5.27. The molecule has 13 heavy (non-hydrogen) atoms. The fourth-order valence-electron chi connectivity index (χ4n) is 0.679. The van der Waals surface area contributed by atoms with Crippen molar-refractivity contribution in [2.24, 2.45) is 0 Å². The van der Waals surface area contributed by atoms with Crippen LogP contribution < -0.4 is 33.9 Å². The minimum Gasteiger partial charge on any atom is -1.00 e. The Morgan fingerprint density at radius 1 is 1.23 bits per heavy atom. The summed E-state index contributed by atoms with van der Waals surface area (Å²) >= 11 is -1.14. The maximum Gasteiger partial charge on any atom is 1.00 e. The minimum atomic E-state index is -4.12. The van der Waals surface area contributed by atoms with Crippen LogP contribution in [-0.4, -0.2) is 28.7 Å². The Bertz CT molecular complexity index is 391. The van der Waals surface area contributed by atoms with Crippen molar-refractivity contribution in [3.05, 3.63) is 24.3 Å². The molecule has 0 radical (unpaired) electrons. The minimum absolute atomic E-state index is 0. The van der Waals surface area contributed by atoms with Crippen LogP contribution in [0.1, 0.15) is 1.43 Å². The van der Waals surface area contributed by atoms with Gasteiger partial charge in [-0.15, -0.1) is 0 Å². The van der Waals surface area contributed by atoms with Gasteiger partial charge in [0.25, 0.3) is 0 Å². The van der Waals surface area contributed by atoms with Gasteiger partial charge >= 0.3 is 106 Å². The van der Waals surface area contributed by atoms with Crippen molar-refractivity contribution in [1.82, 2.24) is 0 Å². The molecule has 0 fully saturated rings. The summed E-state index contributed by atoms with van der Waals surface area (Å²) in [4.78, 5) is -0.180. The van der Waals surface area contributed by atoms with E-state index in [1.54, 1.807) is 0 Å². The Balaban J connectivity index is 0. The summed E-state index contributed by atoms with van der Waals surface area (Å²) in [5, 5.41) is 0. The van der Waals surface area contributed by atoms with Gasteiger partial charge in [-0.05, 0) is 0 Å². The molecule has 0 aliphatic carbocycles. The van der Waals surface area contributed by atoms with Crippen molar-refractivity contribution >= 4 is 30.2 Å². The fourth-order valence-corrected chi connectivity index (χ4v) is 1.73. The number of benzene rings is 1. The third-order valence-corrected chi connectivity index (χ3v) is 3.18. The first-order valence-electron chi connectivity index (χ1n) is 2.95. The molecule has 1 N–H and O–H groups in total.